The van der Waals surface area contributed by atoms with Gasteiger partial charge in [0.05, 0.1) is 5.69 Å². The number of aromatic nitrogens is 2. The number of nitrogens with zero attached hydrogens (tertiary/aromatic N) is 1. The molecule has 0 aliphatic heterocycles. The van der Waals surface area contributed by atoms with Crippen LogP contribution in [0.15, 0.2) is 39.6 Å². The van der Waals surface area contributed by atoms with Crippen molar-refractivity contribution in [2.24, 2.45) is 0 Å². The Balaban J connectivity index is 2.66. The van der Waals surface area contributed by atoms with Gasteiger partial charge in [0.1, 0.15) is 15.5 Å². The quantitative estimate of drug-likeness (QED) is 0.914. The molecule has 7 heteroatoms. The maximum atomic E-state index is 11.9. The fourth-order valence-electron chi connectivity index (χ4n) is 1.66. The summed E-state index contributed by atoms with van der Waals surface area (Å²) in [5.74, 6) is 0.138. The molecule has 0 amide bonds. The lowest BCUT2D eigenvalue weighted by Crippen LogP contribution is -2.19. The van der Waals surface area contributed by atoms with E-state index >= 15 is 0 Å². The van der Waals surface area contributed by atoms with Crippen LogP contribution in [-0.2, 0) is 9.84 Å². The summed E-state index contributed by atoms with van der Waals surface area (Å²) in [6, 6.07) is 9.11. The Kier molecular flexibility index (Phi) is 4.10. The Morgan fingerprint density at radius 1 is 1.25 bits per heavy atom. The first-order valence-electron chi connectivity index (χ1n) is 5.84. The van der Waals surface area contributed by atoms with Crippen LogP contribution in [-0.4, -0.2) is 24.6 Å². The summed E-state index contributed by atoms with van der Waals surface area (Å²) in [5, 5.41) is -0.870. The molecule has 1 atom stereocenters. The highest BCUT2D eigenvalue weighted by atomic mass is 79.9. The average molecular weight is 357 g/mol. The van der Waals surface area contributed by atoms with Crippen LogP contribution in [0, 0.1) is 0 Å². The third-order valence-electron chi connectivity index (χ3n) is 2.96. The van der Waals surface area contributed by atoms with Crippen LogP contribution in [0.3, 0.4) is 0 Å². The first-order chi connectivity index (χ1) is 9.30. The van der Waals surface area contributed by atoms with Crippen LogP contribution in [0.1, 0.15) is 18.0 Å². The van der Waals surface area contributed by atoms with Crippen molar-refractivity contribution in [3.05, 3.63) is 51.0 Å². The van der Waals surface area contributed by atoms with Gasteiger partial charge < -0.3 is 4.98 Å². The van der Waals surface area contributed by atoms with Gasteiger partial charge in [-0.2, -0.15) is 0 Å². The zero-order valence-electron chi connectivity index (χ0n) is 10.9. The predicted molar refractivity (Wildman–Crippen MR) is 81.3 cm³/mol. The van der Waals surface area contributed by atoms with E-state index in [1.807, 2.05) is 18.2 Å². The minimum Gasteiger partial charge on any atom is -0.308 e. The molecule has 0 bridgehead atoms. The smallest absolute Gasteiger partial charge is 0.265 e. The molecule has 0 fully saturated rings. The summed E-state index contributed by atoms with van der Waals surface area (Å²) in [4.78, 5) is 18.7. The Morgan fingerprint density at radius 3 is 2.40 bits per heavy atom. The van der Waals surface area contributed by atoms with Crippen LogP contribution in [0.5, 0.6) is 0 Å². The lowest BCUT2D eigenvalue weighted by atomic mass is 10.1. The number of halogens is 1. The molecule has 1 aromatic heterocycles. The fraction of sp³-hybridized carbons (Fsp3) is 0.231. The summed E-state index contributed by atoms with van der Waals surface area (Å²) >= 11 is 3.19. The van der Waals surface area contributed by atoms with Gasteiger partial charge in [-0.1, -0.05) is 30.3 Å². The molecule has 0 aliphatic carbocycles. The van der Waals surface area contributed by atoms with E-state index in [0.717, 1.165) is 11.8 Å². The molecular weight excluding hydrogens is 344 g/mol. The molecule has 1 heterocycles. The highest BCUT2D eigenvalue weighted by molar-refractivity contribution is 9.10. The molecule has 1 N–H and O–H groups in total. The number of rotatable bonds is 3. The van der Waals surface area contributed by atoms with Crippen molar-refractivity contribution in [1.29, 1.82) is 0 Å². The number of nitrogens with one attached hydrogen (secondary N) is 1. The van der Waals surface area contributed by atoms with Crippen LogP contribution in [0.25, 0.3) is 11.3 Å². The van der Waals surface area contributed by atoms with Gasteiger partial charge >= 0.3 is 0 Å². The second-order valence-electron chi connectivity index (χ2n) is 4.45. The molecule has 1 unspecified atom stereocenters. The number of sulfone groups is 1. The molecular formula is C13H13BrN2O3S. The average Bonchev–Trinajstić information content (AvgIpc) is 2.41. The topological polar surface area (TPSA) is 79.9 Å². The van der Waals surface area contributed by atoms with Gasteiger partial charge in [-0.05, 0) is 22.9 Å². The van der Waals surface area contributed by atoms with Crippen molar-refractivity contribution in [2.75, 3.05) is 6.26 Å². The van der Waals surface area contributed by atoms with Crippen molar-refractivity contribution in [3.63, 3.8) is 0 Å². The van der Waals surface area contributed by atoms with Crippen molar-refractivity contribution in [3.8, 4) is 11.3 Å². The number of hydrogen-bond acceptors (Lipinski definition) is 4. The summed E-state index contributed by atoms with van der Waals surface area (Å²) in [6.07, 6.45) is 1.11. The van der Waals surface area contributed by atoms with Gasteiger partial charge in [-0.25, -0.2) is 13.4 Å². The summed E-state index contributed by atoms with van der Waals surface area (Å²) in [7, 11) is -3.33. The number of hydrogen-bond donors (Lipinski definition) is 1. The molecule has 0 spiro atoms. The van der Waals surface area contributed by atoms with Crippen LogP contribution < -0.4 is 5.56 Å². The number of benzene rings is 1. The lowest BCUT2D eigenvalue weighted by molar-refractivity contribution is 0.589. The second-order valence-corrected chi connectivity index (χ2v) is 7.61. The Bertz CT molecular complexity index is 785. The van der Waals surface area contributed by atoms with Crippen LogP contribution >= 0.6 is 15.9 Å². The first-order valence-corrected chi connectivity index (χ1v) is 8.59. The summed E-state index contributed by atoms with van der Waals surface area (Å²) in [6.45, 7) is 1.50. The van der Waals surface area contributed by atoms with Crippen molar-refractivity contribution < 1.29 is 8.42 Å². The molecule has 1 aromatic carbocycles. The van der Waals surface area contributed by atoms with Gasteiger partial charge in [0.25, 0.3) is 5.56 Å². The second kappa shape index (κ2) is 5.49. The van der Waals surface area contributed by atoms with Crippen LogP contribution in [0.2, 0.25) is 0 Å². The minimum atomic E-state index is -3.33. The molecule has 5 nitrogen and oxygen atoms in total. The molecule has 106 valence electrons. The molecule has 0 saturated carbocycles. The first kappa shape index (κ1) is 14.9. The van der Waals surface area contributed by atoms with Gasteiger partial charge in [0, 0.05) is 11.8 Å². The normalized spacial score (nSPS) is 13.2. The highest BCUT2D eigenvalue weighted by Gasteiger charge is 2.22. The van der Waals surface area contributed by atoms with Gasteiger partial charge in [0.2, 0.25) is 0 Å². The number of H-pyrrole nitrogens is 1. The van der Waals surface area contributed by atoms with Crippen molar-refractivity contribution >= 4 is 25.8 Å². The van der Waals surface area contributed by atoms with E-state index in [-0.39, 0.29) is 10.3 Å². The number of aromatic amines is 1. The van der Waals surface area contributed by atoms with E-state index in [1.54, 1.807) is 12.1 Å². The maximum absolute atomic E-state index is 11.9. The zero-order chi connectivity index (χ0) is 14.9. The predicted octanol–water partition coefficient (Wildman–Crippen LogP) is 2.31. The molecule has 2 aromatic rings. The third-order valence-corrected chi connectivity index (χ3v) is 5.20. The van der Waals surface area contributed by atoms with Crippen LogP contribution in [0.4, 0.5) is 0 Å². The molecule has 20 heavy (non-hydrogen) atoms. The molecule has 0 aliphatic rings. The highest BCUT2D eigenvalue weighted by Crippen LogP contribution is 2.25. The van der Waals surface area contributed by atoms with E-state index in [9.17, 15) is 13.2 Å². The maximum Gasteiger partial charge on any atom is 0.265 e. The van der Waals surface area contributed by atoms with E-state index < -0.39 is 20.6 Å². The van der Waals surface area contributed by atoms with E-state index in [0.29, 0.717) is 5.69 Å². The molecule has 2 rings (SSSR count). The van der Waals surface area contributed by atoms with Crippen molar-refractivity contribution in [2.45, 2.75) is 12.2 Å². The largest absolute Gasteiger partial charge is 0.308 e. The van der Waals surface area contributed by atoms with Gasteiger partial charge in [-0.3, -0.25) is 4.79 Å². The third kappa shape index (κ3) is 2.99. The Labute approximate surface area is 125 Å². The monoisotopic (exact) mass is 356 g/mol. The lowest BCUT2D eigenvalue weighted by Gasteiger charge is -2.11. The Morgan fingerprint density at radius 2 is 1.85 bits per heavy atom. The zero-order valence-corrected chi connectivity index (χ0v) is 13.3. The van der Waals surface area contributed by atoms with E-state index in [1.165, 1.54) is 6.92 Å². The summed E-state index contributed by atoms with van der Waals surface area (Å²) in [5.41, 5.74) is 0.775. The molecule has 0 radical (unpaired) electrons. The Hall–Kier alpha value is -1.47. The summed E-state index contributed by atoms with van der Waals surface area (Å²) < 4.78 is 23.5. The van der Waals surface area contributed by atoms with E-state index in [4.69, 9.17) is 0 Å². The standard InChI is InChI=1S/C13H13BrN2O3S/c1-8(20(2,18)19)12-15-11(10(14)13(17)16-12)9-6-4-3-5-7-9/h3-8H,1-2H3,(H,15,16,17). The van der Waals surface area contributed by atoms with Crippen molar-refractivity contribution in [1.82, 2.24) is 9.97 Å². The van der Waals surface area contributed by atoms with E-state index in [2.05, 4.69) is 25.9 Å². The minimum absolute atomic E-state index is 0.138. The van der Waals surface area contributed by atoms with Gasteiger partial charge in [-0.15, -0.1) is 0 Å². The SMILES string of the molecule is CC(c1nc(-c2ccccc2)c(Br)c(=O)[nH]1)S(C)(=O)=O. The fourth-order valence-corrected chi connectivity index (χ4v) is 2.59. The molecule has 0 saturated heterocycles. The van der Waals surface area contributed by atoms with Gasteiger partial charge in [0.15, 0.2) is 9.84 Å².